The van der Waals surface area contributed by atoms with Crippen LogP contribution in [0.5, 0.6) is 0 Å². The zero-order valence-electron chi connectivity index (χ0n) is 15.8. The van der Waals surface area contributed by atoms with Crippen LogP contribution in [0.25, 0.3) is 0 Å². The van der Waals surface area contributed by atoms with E-state index in [-0.39, 0.29) is 11.8 Å². The minimum Gasteiger partial charge on any atom is -0.326 e. The van der Waals surface area contributed by atoms with E-state index in [2.05, 4.69) is 59.6 Å². The van der Waals surface area contributed by atoms with Gasteiger partial charge in [-0.2, -0.15) is 0 Å². The molecule has 1 N–H and O–H groups in total. The summed E-state index contributed by atoms with van der Waals surface area (Å²) in [6.45, 7) is 5.17. The normalized spacial score (nSPS) is 15.7. The number of aryl methyl sites for hydroxylation is 1. The van der Waals surface area contributed by atoms with Gasteiger partial charge in [-0.25, -0.2) is 0 Å². The Kier molecular flexibility index (Phi) is 6.84. The van der Waals surface area contributed by atoms with Crippen LogP contribution < -0.4 is 5.32 Å². The molecule has 1 heterocycles. The topological polar surface area (TPSA) is 32.3 Å². The number of rotatable bonds is 7. The van der Waals surface area contributed by atoms with Gasteiger partial charge in [-0.05, 0) is 62.0 Å². The van der Waals surface area contributed by atoms with Gasteiger partial charge in [0.05, 0.1) is 0 Å². The summed E-state index contributed by atoms with van der Waals surface area (Å²) < 4.78 is 0. The summed E-state index contributed by atoms with van der Waals surface area (Å²) in [5.41, 5.74) is 3.61. The predicted octanol–water partition coefficient (Wildman–Crippen LogP) is 4.88. The number of benzene rings is 2. The molecule has 0 aromatic heterocycles. The quantitative estimate of drug-likeness (QED) is 0.772. The molecular weight excluding hydrogens is 320 g/mol. The highest BCUT2D eigenvalue weighted by Gasteiger charge is 2.24. The lowest BCUT2D eigenvalue weighted by atomic mass is 9.95. The highest BCUT2D eigenvalue weighted by molar-refractivity contribution is 5.92. The average molecular weight is 351 g/mol. The molecule has 0 atom stereocenters. The zero-order valence-corrected chi connectivity index (χ0v) is 15.8. The lowest BCUT2D eigenvalue weighted by Crippen LogP contribution is -2.37. The van der Waals surface area contributed by atoms with Crippen molar-refractivity contribution in [3.63, 3.8) is 0 Å². The van der Waals surface area contributed by atoms with E-state index in [1.807, 2.05) is 12.1 Å². The van der Waals surface area contributed by atoms with Crippen molar-refractivity contribution in [3.05, 3.63) is 65.7 Å². The second kappa shape index (κ2) is 9.54. The van der Waals surface area contributed by atoms with E-state index in [1.54, 1.807) is 0 Å². The van der Waals surface area contributed by atoms with Crippen LogP contribution in [-0.2, 0) is 17.8 Å². The molecule has 0 aliphatic carbocycles. The van der Waals surface area contributed by atoms with Crippen molar-refractivity contribution >= 4 is 11.6 Å². The van der Waals surface area contributed by atoms with Gasteiger partial charge in [0.15, 0.2) is 0 Å². The molecule has 1 fully saturated rings. The standard InChI is InChI=1S/C23H30N2O/c1-2-3-7-19-10-12-22(13-11-19)24-23(26)21-14-16-25(17-15-21)18-20-8-5-4-6-9-20/h4-6,8-13,21H,2-3,7,14-18H2,1H3,(H,24,26). The lowest BCUT2D eigenvalue weighted by Gasteiger charge is -2.31. The molecule has 3 nitrogen and oxygen atoms in total. The summed E-state index contributed by atoms with van der Waals surface area (Å²) in [5, 5.41) is 3.10. The van der Waals surface area contributed by atoms with E-state index in [9.17, 15) is 4.79 Å². The Morgan fingerprint density at radius 1 is 1.00 bits per heavy atom. The molecule has 0 unspecified atom stereocenters. The Balaban J connectivity index is 1.44. The van der Waals surface area contributed by atoms with Gasteiger partial charge in [-0.15, -0.1) is 0 Å². The van der Waals surface area contributed by atoms with Gasteiger partial charge in [-0.3, -0.25) is 9.69 Å². The Labute approximate surface area is 157 Å². The Bertz CT molecular complexity index is 673. The second-order valence-corrected chi connectivity index (χ2v) is 7.33. The number of hydrogen-bond donors (Lipinski definition) is 1. The zero-order chi connectivity index (χ0) is 18.2. The van der Waals surface area contributed by atoms with Crippen LogP contribution in [0, 0.1) is 5.92 Å². The summed E-state index contributed by atoms with van der Waals surface area (Å²) in [5.74, 6) is 0.299. The van der Waals surface area contributed by atoms with Crippen LogP contribution in [0.1, 0.15) is 43.7 Å². The van der Waals surface area contributed by atoms with Crippen molar-refractivity contribution in [2.24, 2.45) is 5.92 Å². The first kappa shape index (κ1) is 18.7. The highest BCUT2D eigenvalue weighted by Crippen LogP contribution is 2.21. The molecule has 0 spiro atoms. The smallest absolute Gasteiger partial charge is 0.227 e. The molecule has 138 valence electrons. The van der Waals surface area contributed by atoms with E-state index in [4.69, 9.17) is 0 Å². The van der Waals surface area contributed by atoms with Crippen molar-refractivity contribution in [2.75, 3.05) is 18.4 Å². The molecule has 0 radical (unpaired) electrons. The maximum atomic E-state index is 12.6. The van der Waals surface area contributed by atoms with Crippen molar-refractivity contribution in [1.29, 1.82) is 0 Å². The van der Waals surface area contributed by atoms with Gasteiger partial charge >= 0.3 is 0 Å². The average Bonchev–Trinajstić information content (AvgIpc) is 2.69. The Morgan fingerprint density at radius 2 is 1.69 bits per heavy atom. The second-order valence-electron chi connectivity index (χ2n) is 7.33. The number of anilines is 1. The number of hydrogen-bond acceptors (Lipinski definition) is 2. The van der Waals surface area contributed by atoms with Crippen molar-refractivity contribution < 1.29 is 4.79 Å². The summed E-state index contributed by atoms with van der Waals surface area (Å²) in [4.78, 5) is 15.0. The van der Waals surface area contributed by atoms with E-state index >= 15 is 0 Å². The fraction of sp³-hybridized carbons (Fsp3) is 0.435. The first-order chi connectivity index (χ1) is 12.7. The van der Waals surface area contributed by atoms with E-state index in [1.165, 1.54) is 24.0 Å². The van der Waals surface area contributed by atoms with Crippen LogP contribution in [0.2, 0.25) is 0 Å². The number of nitrogens with zero attached hydrogens (tertiary/aromatic N) is 1. The number of unbranched alkanes of at least 4 members (excludes halogenated alkanes) is 1. The molecule has 1 saturated heterocycles. The van der Waals surface area contributed by atoms with Crippen molar-refractivity contribution in [3.8, 4) is 0 Å². The monoisotopic (exact) mass is 350 g/mol. The molecule has 1 amide bonds. The van der Waals surface area contributed by atoms with Crippen LogP contribution in [-0.4, -0.2) is 23.9 Å². The van der Waals surface area contributed by atoms with Crippen LogP contribution >= 0.6 is 0 Å². The molecule has 0 bridgehead atoms. The van der Waals surface area contributed by atoms with Gasteiger partial charge in [0.1, 0.15) is 0 Å². The Morgan fingerprint density at radius 3 is 2.35 bits per heavy atom. The fourth-order valence-corrected chi connectivity index (χ4v) is 3.57. The SMILES string of the molecule is CCCCc1ccc(NC(=O)C2CCN(Cc3ccccc3)CC2)cc1. The third-order valence-electron chi connectivity index (χ3n) is 5.25. The molecule has 1 aliphatic heterocycles. The maximum absolute atomic E-state index is 12.6. The minimum atomic E-state index is 0.127. The number of piperidine rings is 1. The van der Waals surface area contributed by atoms with Gasteiger partial charge in [0.2, 0.25) is 5.91 Å². The highest BCUT2D eigenvalue weighted by atomic mass is 16.1. The molecule has 26 heavy (non-hydrogen) atoms. The third kappa shape index (κ3) is 5.43. The van der Waals surface area contributed by atoms with Crippen molar-refractivity contribution in [2.45, 2.75) is 45.6 Å². The maximum Gasteiger partial charge on any atom is 0.227 e. The lowest BCUT2D eigenvalue weighted by molar-refractivity contribution is -0.121. The van der Waals surface area contributed by atoms with Gasteiger partial charge in [0.25, 0.3) is 0 Å². The van der Waals surface area contributed by atoms with Gasteiger partial charge in [-0.1, -0.05) is 55.8 Å². The number of carbonyl (C=O) groups excluding carboxylic acids is 1. The van der Waals surface area contributed by atoms with Gasteiger partial charge in [0, 0.05) is 18.2 Å². The fourth-order valence-electron chi connectivity index (χ4n) is 3.57. The molecule has 0 saturated carbocycles. The van der Waals surface area contributed by atoms with Crippen LogP contribution in [0.3, 0.4) is 0 Å². The molecule has 2 aromatic carbocycles. The third-order valence-corrected chi connectivity index (χ3v) is 5.25. The number of likely N-dealkylation sites (tertiary alicyclic amines) is 1. The summed E-state index contributed by atoms with van der Waals surface area (Å²) >= 11 is 0. The summed E-state index contributed by atoms with van der Waals surface area (Å²) in [6.07, 6.45) is 5.42. The first-order valence-corrected chi connectivity index (χ1v) is 9.90. The summed E-state index contributed by atoms with van der Waals surface area (Å²) in [6, 6.07) is 18.9. The van der Waals surface area contributed by atoms with Gasteiger partial charge < -0.3 is 5.32 Å². The Hall–Kier alpha value is -2.13. The molecule has 2 aromatic rings. The number of carbonyl (C=O) groups is 1. The minimum absolute atomic E-state index is 0.127. The number of amides is 1. The van der Waals surface area contributed by atoms with Crippen LogP contribution in [0.4, 0.5) is 5.69 Å². The summed E-state index contributed by atoms with van der Waals surface area (Å²) in [7, 11) is 0. The largest absolute Gasteiger partial charge is 0.326 e. The van der Waals surface area contributed by atoms with Crippen molar-refractivity contribution in [1.82, 2.24) is 4.90 Å². The molecule has 1 aliphatic rings. The van der Waals surface area contributed by atoms with E-state index in [0.29, 0.717) is 0 Å². The predicted molar refractivity (Wildman–Crippen MR) is 108 cm³/mol. The molecular formula is C23H30N2O. The van der Waals surface area contributed by atoms with E-state index in [0.717, 1.165) is 44.6 Å². The first-order valence-electron chi connectivity index (χ1n) is 9.90. The molecule has 3 rings (SSSR count). The van der Waals surface area contributed by atoms with E-state index < -0.39 is 0 Å². The number of nitrogens with one attached hydrogen (secondary N) is 1. The van der Waals surface area contributed by atoms with Crippen LogP contribution in [0.15, 0.2) is 54.6 Å². The molecule has 3 heteroatoms.